The Balaban J connectivity index is 1.72. The van der Waals surface area contributed by atoms with Crippen LogP contribution in [0, 0.1) is 23.2 Å². The van der Waals surface area contributed by atoms with Gasteiger partial charge in [-0.15, -0.1) is 0 Å². The Hall–Kier alpha value is -2.40. The Morgan fingerprint density at radius 1 is 1.43 bits per heavy atom. The van der Waals surface area contributed by atoms with Gasteiger partial charge in [0.05, 0.1) is 23.5 Å². The van der Waals surface area contributed by atoms with Gasteiger partial charge in [-0.25, -0.2) is 5.43 Å². The van der Waals surface area contributed by atoms with E-state index in [1.54, 1.807) is 16.8 Å². The zero-order valence-corrected chi connectivity index (χ0v) is 16.4. The first-order valence-corrected chi connectivity index (χ1v) is 9.88. The van der Waals surface area contributed by atoms with E-state index in [-0.39, 0.29) is 29.7 Å². The number of hydrazine groups is 1. The lowest BCUT2D eigenvalue weighted by Crippen LogP contribution is -2.62. The molecule has 4 N–H and O–H groups in total. The minimum absolute atomic E-state index is 0.00740. The van der Waals surface area contributed by atoms with Gasteiger partial charge in [0, 0.05) is 41.7 Å². The lowest BCUT2D eigenvalue weighted by atomic mass is 9.68. The van der Waals surface area contributed by atoms with Crippen LogP contribution in [-0.4, -0.2) is 28.3 Å². The van der Waals surface area contributed by atoms with Gasteiger partial charge in [0.15, 0.2) is 0 Å². The summed E-state index contributed by atoms with van der Waals surface area (Å²) in [6, 6.07) is 7.61. The first-order chi connectivity index (χ1) is 13.5. The number of hydrogen-bond donors (Lipinski definition) is 3. The van der Waals surface area contributed by atoms with E-state index < -0.39 is 0 Å². The standard InChI is InChI=1S/C20H23ClN6O/c1-27-19(15-7-13(21)4-2-12(15)8-22)17(10-24-27)11-3-5-14-16(6-11)18(9-23)25-26-20(14)28/h2,4,7,10-11,14,16,18,25H,3,5-6,9,23H2,1H3,(H,26,28). The first kappa shape index (κ1) is 18.9. The smallest absolute Gasteiger partial charge is 0.237 e. The molecule has 4 unspecified atom stereocenters. The Kier molecular flexibility index (Phi) is 5.11. The van der Waals surface area contributed by atoms with Gasteiger partial charge in [-0.05, 0) is 49.3 Å². The van der Waals surface area contributed by atoms with Crippen molar-refractivity contribution in [2.75, 3.05) is 6.54 Å². The summed E-state index contributed by atoms with van der Waals surface area (Å²) in [7, 11) is 1.88. The first-order valence-electron chi connectivity index (χ1n) is 9.50. The summed E-state index contributed by atoms with van der Waals surface area (Å²) in [6.07, 6.45) is 4.45. The van der Waals surface area contributed by atoms with Crippen LogP contribution in [-0.2, 0) is 11.8 Å². The highest BCUT2D eigenvalue weighted by atomic mass is 35.5. The van der Waals surface area contributed by atoms with E-state index in [0.29, 0.717) is 17.1 Å². The number of halogens is 1. The molecule has 2 aliphatic rings. The molecule has 1 saturated heterocycles. The number of benzene rings is 1. The SMILES string of the molecule is Cn1ncc(C2CCC3C(=O)NNC(CN)C3C2)c1-c1cc(Cl)ccc1C#N. The van der Waals surface area contributed by atoms with Crippen molar-refractivity contribution in [2.24, 2.45) is 24.6 Å². The number of aromatic nitrogens is 2. The highest BCUT2D eigenvalue weighted by Gasteiger charge is 2.43. The molecular formula is C20H23ClN6O. The zero-order valence-electron chi connectivity index (χ0n) is 15.7. The zero-order chi connectivity index (χ0) is 19.8. The molecule has 8 heteroatoms. The van der Waals surface area contributed by atoms with Gasteiger partial charge < -0.3 is 5.73 Å². The lowest BCUT2D eigenvalue weighted by Gasteiger charge is -2.43. The lowest BCUT2D eigenvalue weighted by molar-refractivity contribution is -0.133. The van der Waals surface area contributed by atoms with Crippen molar-refractivity contribution in [3.8, 4) is 17.3 Å². The Morgan fingerprint density at radius 2 is 2.25 bits per heavy atom. The molecule has 1 aromatic heterocycles. The second kappa shape index (κ2) is 7.55. The molecule has 1 aliphatic heterocycles. The molecular weight excluding hydrogens is 376 g/mol. The number of carbonyl (C=O) groups is 1. The van der Waals surface area contributed by atoms with Crippen molar-refractivity contribution in [2.45, 2.75) is 31.2 Å². The molecule has 1 saturated carbocycles. The largest absolute Gasteiger partial charge is 0.329 e. The third-order valence-corrected chi connectivity index (χ3v) is 6.39. The van der Waals surface area contributed by atoms with Crippen molar-refractivity contribution < 1.29 is 4.79 Å². The molecule has 1 aliphatic carbocycles. The maximum Gasteiger partial charge on any atom is 0.237 e. The van der Waals surface area contributed by atoms with Crippen molar-refractivity contribution in [1.29, 1.82) is 5.26 Å². The van der Waals surface area contributed by atoms with E-state index in [0.717, 1.165) is 36.1 Å². The van der Waals surface area contributed by atoms with Gasteiger partial charge in [-0.1, -0.05) is 11.6 Å². The highest BCUT2D eigenvalue weighted by Crippen LogP contribution is 2.45. The van der Waals surface area contributed by atoms with Crippen molar-refractivity contribution in [3.05, 3.63) is 40.5 Å². The number of nitrogens with one attached hydrogen (secondary N) is 2. The summed E-state index contributed by atoms with van der Waals surface area (Å²) < 4.78 is 1.81. The van der Waals surface area contributed by atoms with Crippen LogP contribution in [0.1, 0.15) is 36.3 Å². The van der Waals surface area contributed by atoms with Crippen molar-refractivity contribution in [1.82, 2.24) is 20.6 Å². The topological polar surface area (TPSA) is 109 Å². The highest BCUT2D eigenvalue weighted by molar-refractivity contribution is 6.30. The van der Waals surface area contributed by atoms with E-state index in [9.17, 15) is 10.1 Å². The van der Waals surface area contributed by atoms with Crippen LogP contribution < -0.4 is 16.6 Å². The summed E-state index contributed by atoms with van der Waals surface area (Å²) in [5, 5.41) is 14.6. The molecule has 0 bridgehead atoms. The number of aryl methyl sites for hydroxylation is 1. The van der Waals surface area contributed by atoms with E-state index in [1.165, 1.54) is 0 Å². The molecule has 0 radical (unpaired) electrons. The van der Waals surface area contributed by atoms with Crippen LogP contribution in [0.15, 0.2) is 24.4 Å². The summed E-state index contributed by atoms with van der Waals surface area (Å²) in [6.45, 7) is 0.473. The predicted molar refractivity (Wildman–Crippen MR) is 106 cm³/mol. The molecule has 4 atom stereocenters. The normalized spacial score (nSPS) is 27.0. The minimum atomic E-state index is -0.00740. The molecule has 2 aromatic rings. The number of nitrogens with zero attached hydrogens (tertiary/aromatic N) is 3. The van der Waals surface area contributed by atoms with Crippen molar-refractivity contribution in [3.63, 3.8) is 0 Å². The number of rotatable bonds is 3. The van der Waals surface area contributed by atoms with Gasteiger partial charge in [0.25, 0.3) is 0 Å². The second-order valence-electron chi connectivity index (χ2n) is 7.63. The van der Waals surface area contributed by atoms with Crippen LogP contribution in [0.5, 0.6) is 0 Å². The van der Waals surface area contributed by atoms with Crippen LogP contribution >= 0.6 is 11.6 Å². The van der Waals surface area contributed by atoms with E-state index >= 15 is 0 Å². The van der Waals surface area contributed by atoms with Gasteiger partial charge in [0.2, 0.25) is 5.91 Å². The number of hydrogen-bond acceptors (Lipinski definition) is 5. The van der Waals surface area contributed by atoms with E-state index in [1.807, 2.05) is 19.3 Å². The Bertz CT molecular complexity index is 949. The number of nitrogens with two attached hydrogens (primary N) is 1. The number of fused-ring (bicyclic) bond motifs is 1. The fourth-order valence-corrected chi connectivity index (χ4v) is 4.92. The van der Waals surface area contributed by atoms with E-state index in [4.69, 9.17) is 17.3 Å². The van der Waals surface area contributed by atoms with E-state index in [2.05, 4.69) is 22.0 Å². The summed E-state index contributed by atoms with van der Waals surface area (Å²) >= 11 is 6.22. The molecule has 28 heavy (non-hydrogen) atoms. The maximum absolute atomic E-state index is 12.3. The molecule has 146 valence electrons. The van der Waals surface area contributed by atoms with Crippen LogP contribution in [0.4, 0.5) is 0 Å². The fourth-order valence-electron chi connectivity index (χ4n) is 4.75. The fraction of sp³-hybridized carbons (Fsp3) is 0.450. The molecule has 2 heterocycles. The Labute approximate surface area is 168 Å². The van der Waals surface area contributed by atoms with Crippen LogP contribution in [0.2, 0.25) is 5.02 Å². The molecule has 1 amide bonds. The molecule has 2 fully saturated rings. The Morgan fingerprint density at radius 3 is 3.00 bits per heavy atom. The summed E-state index contributed by atoms with van der Waals surface area (Å²) in [5.41, 5.74) is 15.1. The third-order valence-electron chi connectivity index (χ3n) is 6.15. The van der Waals surface area contributed by atoms with Gasteiger partial charge in [-0.2, -0.15) is 10.4 Å². The van der Waals surface area contributed by atoms with Crippen molar-refractivity contribution >= 4 is 17.5 Å². The average molecular weight is 399 g/mol. The second-order valence-corrected chi connectivity index (χ2v) is 8.07. The van der Waals surface area contributed by atoms with Gasteiger partial charge >= 0.3 is 0 Å². The van der Waals surface area contributed by atoms with Gasteiger partial charge in [0.1, 0.15) is 0 Å². The maximum atomic E-state index is 12.3. The van der Waals surface area contributed by atoms with Gasteiger partial charge in [-0.3, -0.25) is 14.9 Å². The number of amides is 1. The molecule has 7 nitrogen and oxygen atoms in total. The number of carbonyl (C=O) groups excluding carboxylic acids is 1. The summed E-state index contributed by atoms with van der Waals surface area (Å²) in [5.74, 6) is 0.478. The molecule has 1 aromatic carbocycles. The van der Waals surface area contributed by atoms with Crippen LogP contribution in [0.25, 0.3) is 11.3 Å². The quantitative estimate of drug-likeness (QED) is 0.733. The summed E-state index contributed by atoms with van der Waals surface area (Å²) in [4.78, 5) is 12.3. The monoisotopic (exact) mass is 398 g/mol. The molecule has 4 rings (SSSR count). The number of nitriles is 1. The predicted octanol–water partition coefficient (Wildman–Crippen LogP) is 2.07. The van der Waals surface area contributed by atoms with Crippen LogP contribution in [0.3, 0.4) is 0 Å². The molecule has 0 spiro atoms. The third kappa shape index (κ3) is 3.18. The average Bonchev–Trinajstić information content (AvgIpc) is 3.09. The minimum Gasteiger partial charge on any atom is -0.329 e.